The van der Waals surface area contributed by atoms with E-state index in [0.717, 1.165) is 53.6 Å². The van der Waals surface area contributed by atoms with Crippen LogP contribution in [0.1, 0.15) is 36.2 Å². The molecule has 4 rings (SSSR count). The van der Waals surface area contributed by atoms with Crippen LogP contribution in [-0.2, 0) is 11.3 Å². The van der Waals surface area contributed by atoms with Crippen molar-refractivity contribution in [2.45, 2.75) is 32.4 Å². The summed E-state index contributed by atoms with van der Waals surface area (Å²) in [5.41, 5.74) is 3.05. The van der Waals surface area contributed by atoms with Crippen molar-refractivity contribution in [2.24, 2.45) is 0 Å². The zero-order valence-corrected chi connectivity index (χ0v) is 14.0. The Balaban J connectivity index is 1.69. The number of hydrogen-bond donors (Lipinski definition) is 1. The van der Waals surface area contributed by atoms with Crippen LogP contribution in [0, 0.1) is 6.92 Å². The highest BCUT2D eigenvalue weighted by molar-refractivity contribution is 5.75. The lowest BCUT2D eigenvalue weighted by Crippen LogP contribution is -2.25. The molecule has 0 radical (unpaired) electrons. The fourth-order valence-corrected chi connectivity index (χ4v) is 3.41. The number of benzene rings is 1. The van der Waals surface area contributed by atoms with Gasteiger partial charge in [-0.25, -0.2) is 15.0 Å². The number of ether oxygens (including phenoxy) is 1. The predicted molar refractivity (Wildman–Crippen MR) is 92.9 cm³/mol. The standard InChI is InChI=1S/C18H21N5O/c1-12-10-17(22-16(19-12)11-24-2)23-9-5-8-15(23)18-20-13-6-3-4-7-14(13)21-18/h3-4,6-7,10,15H,5,8-9,11H2,1-2H3,(H,20,21). The topological polar surface area (TPSA) is 66.9 Å². The van der Waals surface area contributed by atoms with Crippen LogP contribution in [0.5, 0.6) is 0 Å². The molecule has 0 amide bonds. The number of methoxy groups -OCH3 is 1. The van der Waals surface area contributed by atoms with Crippen LogP contribution in [-0.4, -0.2) is 33.6 Å². The molecule has 1 atom stereocenters. The summed E-state index contributed by atoms with van der Waals surface area (Å²) in [6.45, 7) is 3.40. The van der Waals surface area contributed by atoms with E-state index in [2.05, 4.69) is 25.9 Å². The van der Waals surface area contributed by atoms with Crippen LogP contribution in [0.3, 0.4) is 0 Å². The van der Waals surface area contributed by atoms with Gasteiger partial charge in [-0.15, -0.1) is 0 Å². The second-order valence-electron chi connectivity index (χ2n) is 6.21. The first-order valence-corrected chi connectivity index (χ1v) is 8.29. The van der Waals surface area contributed by atoms with Crippen molar-refractivity contribution in [1.82, 2.24) is 19.9 Å². The summed E-state index contributed by atoms with van der Waals surface area (Å²) in [7, 11) is 1.67. The Hall–Kier alpha value is -2.47. The Bertz CT molecular complexity index is 826. The molecule has 1 unspecified atom stereocenters. The smallest absolute Gasteiger partial charge is 0.156 e. The van der Waals surface area contributed by atoms with Crippen molar-refractivity contribution < 1.29 is 4.74 Å². The van der Waals surface area contributed by atoms with Crippen LogP contribution < -0.4 is 4.90 Å². The number of para-hydroxylation sites is 2. The fourth-order valence-electron chi connectivity index (χ4n) is 3.41. The molecular formula is C18H21N5O. The minimum atomic E-state index is 0.224. The monoisotopic (exact) mass is 323 g/mol. The number of aromatic amines is 1. The van der Waals surface area contributed by atoms with Gasteiger partial charge in [0.1, 0.15) is 18.2 Å². The molecule has 1 fully saturated rings. The van der Waals surface area contributed by atoms with Gasteiger partial charge < -0.3 is 14.6 Å². The Morgan fingerprint density at radius 1 is 1.25 bits per heavy atom. The van der Waals surface area contributed by atoms with E-state index in [0.29, 0.717) is 6.61 Å². The number of imidazole rings is 1. The molecule has 1 aromatic carbocycles. The second kappa shape index (κ2) is 6.20. The highest BCUT2D eigenvalue weighted by atomic mass is 16.5. The van der Waals surface area contributed by atoms with Crippen molar-refractivity contribution in [1.29, 1.82) is 0 Å². The third-order valence-electron chi connectivity index (χ3n) is 4.43. The third-order valence-corrected chi connectivity index (χ3v) is 4.43. The van der Waals surface area contributed by atoms with Crippen molar-refractivity contribution >= 4 is 16.9 Å². The Kier molecular flexibility index (Phi) is 3.90. The average Bonchev–Trinajstić information content (AvgIpc) is 3.21. The average molecular weight is 323 g/mol. The maximum atomic E-state index is 5.19. The molecule has 2 aromatic heterocycles. The summed E-state index contributed by atoms with van der Waals surface area (Å²) in [6.07, 6.45) is 2.20. The summed E-state index contributed by atoms with van der Waals surface area (Å²) in [5, 5.41) is 0. The molecule has 1 aliphatic rings. The van der Waals surface area contributed by atoms with Gasteiger partial charge in [-0.1, -0.05) is 12.1 Å². The van der Waals surface area contributed by atoms with E-state index in [-0.39, 0.29) is 6.04 Å². The van der Waals surface area contributed by atoms with Crippen molar-refractivity contribution in [2.75, 3.05) is 18.6 Å². The van der Waals surface area contributed by atoms with Crippen LogP contribution in [0.2, 0.25) is 0 Å². The van der Waals surface area contributed by atoms with Gasteiger partial charge in [0, 0.05) is 25.4 Å². The SMILES string of the molecule is COCc1nc(C)cc(N2CCCC2c2nc3ccccc3[nH]2)n1. The molecule has 0 saturated carbocycles. The van der Waals surface area contributed by atoms with Crippen LogP contribution in [0.4, 0.5) is 5.82 Å². The number of H-pyrrole nitrogens is 1. The molecule has 124 valence electrons. The number of aryl methyl sites for hydroxylation is 1. The summed E-state index contributed by atoms with van der Waals surface area (Å²) >= 11 is 0. The minimum absolute atomic E-state index is 0.224. The lowest BCUT2D eigenvalue weighted by atomic mass is 10.2. The molecule has 3 heterocycles. The summed E-state index contributed by atoms with van der Waals surface area (Å²) in [5.74, 6) is 2.69. The van der Waals surface area contributed by atoms with Crippen molar-refractivity contribution in [3.63, 3.8) is 0 Å². The Morgan fingerprint density at radius 2 is 2.12 bits per heavy atom. The molecule has 1 aliphatic heterocycles. The maximum Gasteiger partial charge on any atom is 0.156 e. The van der Waals surface area contributed by atoms with E-state index >= 15 is 0 Å². The molecule has 3 aromatic rings. The third kappa shape index (κ3) is 2.73. The minimum Gasteiger partial charge on any atom is -0.377 e. The number of anilines is 1. The number of hydrogen-bond acceptors (Lipinski definition) is 5. The largest absolute Gasteiger partial charge is 0.377 e. The highest BCUT2D eigenvalue weighted by Crippen LogP contribution is 2.34. The molecular weight excluding hydrogens is 302 g/mol. The van der Waals surface area contributed by atoms with Crippen molar-refractivity contribution in [3.8, 4) is 0 Å². The van der Waals surface area contributed by atoms with E-state index in [1.807, 2.05) is 31.2 Å². The predicted octanol–water partition coefficient (Wildman–Crippen LogP) is 3.15. The molecule has 6 nitrogen and oxygen atoms in total. The summed E-state index contributed by atoms with van der Waals surface area (Å²) in [4.78, 5) is 19.7. The zero-order valence-electron chi connectivity index (χ0n) is 14.0. The highest BCUT2D eigenvalue weighted by Gasteiger charge is 2.30. The van der Waals surface area contributed by atoms with Crippen LogP contribution in [0.15, 0.2) is 30.3 Å². The summed E-state index contributed by atoms with van der Waals surface area (Å²) < 4.78 is 5.19. The second-order valence-corrected chi connectivity index (χ2v) is 6.21. The van der Waals surface area contributed by atoms with Gasteiger partial charge in [-0.2, -0.15) is 0 Å². The van der Waals surface area contributed by atoms with Gasteiger partial charge in [0.25, 0.3) is 0 Å². The molecule has 1 saturated heterocycles. The lowest BCUT2D eigenvalue weighted by Gasteiger charge is -2.24. The van der Waals surface area contributed by atoms with Crippen LogP contribution in [0.25, 0.3) is 11.0 Å². The molecule has 0 aliphatic carbocycles. The molecule has 0 bridgehead atoms. The lowest BCUT2D eigenvalue weighted by molar-refractivity contribution is 0.177. The van der Waals surface area contributed by atoms with Gasteiger partial charge in [-0.05, 0) is 31.9 Å². The van der Waals surface area contributed by atoms with Crippen molar-refractivity contribution in [3.05, 3.63) is 47.7 Å². The molecule has 0 spiro atoms. The van der Waals surface area contributed by atoms with E-state index in [1.54, 1.807) is 7.11 Å². The van der Waals surface area contributed by atoms with Gasteiger partial charge in [-0.3, -0.25) is 0 Å². The van der Waals surface area contributed by atoms with Gasteiger partial charge >= 0.3 is 0 Å². The fraction of sp³-hybridized carbons (Fsp3) is 0.389. The summed E-state index contributed by atoms with van der Waals surface area (Å²) in [6, 6.07) is 10.4. The van der Waals surface area contributed by atoms with Gasteiger partial charge in [0.2, 0.25) is 0 Å². The first-order chi connectivity index (χ1) is 11.7. The number of fused-ring (bicyclic) bond motifs is 1. The first kappa shape index (κ1) is 15.1. The normalized spacial score (nSPS) is 17.8. The zero-order chi connectivity index (χ0) is 16.5. The van der Waals surface area contributed by atoms with Gasteiger partial charge in [0.05, 0.1) is 17.1 Å². The quantitative estimate of drug-likeness (QED) is 0.799. The number of aromatic nitrogens is 4. The van der Waals surface area contributed by atoms with E-state index in [9.17, 15) is 0 Å². The Morgan fingerprint density at radius 3 is 2.96 bits per heavy atom. The van der Waals surface area contributed by atoms with Gasteiger partial charge in [0.15, 0.2) is 5.82 Å². The first-order valence-electron chi connectivity index (χ1n) is 8.29. The number of rotatable bonds is 4. The maximum absolute atomic E-state index is 5.19. The molecule has 6 heteroatoms. The Labute approximate surface area is 140 Å². The van der Waals surface area contributed by atoms with E-state index in [4.69, 9.17) is 9.72 Å². The van der Waals surface area contributed by atoms with E-state index in [1.165, 1.54) is 0 Å². The number of nitrogens with one attached hydrogen (secondary N) is 1. The molecule has 24 heavy (non-hydrogen) atoms. The number of nitrogens with zero attached hydrogens (tertiary/aromatic N) is 4. The molecule has 1 N–H and O–H groups in total. The van der Waals surface area contributed by atoms with E-state index < -0.39 is 0 Å². The van der Waals surface area contributed by atoms with Crippen LogP contribution >= 0.6 is 0 Å².